The van der Waals surface area contributed by atoms with Crippen molar-refractivity contribution in [1.29, 1.82) is 0 Å². The maximum Gasteiger partial charge on any atom is 0.330 e. The van der Waals surface area contributed by atoms with E-state index in [0.717, 1.165) is 30.7 Å². The highest BCUT2D eigenvalue weighted by molar-refractivity contribution is 5.67. The van der Waals surface area contributed by atoms with Crippen molar-refractivity contribution in [2.45, 2.75) is 45.3 Å². The average molecular weight is 370 g/mol. The summed E-state index contributed by atoms with van der Waals surface area (Å²) in [5, 5.41) is 0. The predicted octanol–water partition coefficient (Wildman–Crippen LogP) is -1.14. The molecule has 2 rings (SSSR count). The number of esters is 3. The molecule has 0 bridgehead atoms. The molecule has 11 heteroatoms. The Morgan fingerprint density at radius 1 is 1.08 bits per heavy atom. The van der Waals surface area contributed by atoms with Crippen molar-refractivity contribution in [2.24, 2.45) is 0 Å². The van der Waals surface area contributed by atoms with Gasteiger partial charge >= 0.3 is 23.6 Å². The molecule has 1 aromatic rings. The van der Waals surface area contributed by atoms with E-state index in [1.807, 2.05) is 4.98 Å². The van der Waals surface area contributed by atoms with Crippen LogP contribution in [-0.2, 0) is 33.3 Å². The maximum atomic E-state index is 12.1. The minimum atomic E-state index is -1.20. The van der Waals surface area contributed by atoms with Gasteiger partial charge in [-0.3, -0.25) is 28.7 Å². The largest absolute Gasteiger partial charge is 0.463 e. The highest BCUT2D eigenvalue weighted by Gasteiger charge is 2.50. The number of carbonyl (C=O) groups excluding carboxylic acids is 3. The Kier molecular flexibility index (Phi) is 5.93. The van der Waals surface area contributed by atoms with Gasteiger partial charge in [0.1, 0.15) is 12.7 Å². The van der Waals surface area contributed by atoms with E-state index in [-0.39, 0.29) is 6.61 Å². The van der Waals surface area contributed by atoms with Crippen molar-refractivity contribution in [3.63, 3.8) is 0 Å². The minimum Gasteiger partial charge on any atom is -0.463 e. The lowest BCUT2D eigenvalue weighted by Gasteiger charge is -2.23. The van der Waals surface area contributed by atoms with Crippen molar-refractivity contribution in [2.75, 3.05) is 6.61 Å². The van der Waals surface area contributed by atoms with Gasteiger partial charge in [-0.25, -0.2) is 4.79 Å². The van der Waals surface area contributed by atoms with Crippen LogP contribution in [0.25, 0.3) is 0 Å². The average Bonchev–Trinajstić information content (AvgIpc) is 2.82. The summed E-state index contributed by atoms with van der Waals surface area (Å²) in [5.41, 5.74) is -1.43. The molecule has 0 unspecified atom stereocenters. The summed E-state index contributed by atoms with van der Waals surface area (Å²) in [6.45, 7) is 3.17. The summed E-state index contributed by atoms with van der Waals surface area (Å²) in [7, 11) is 0. The quantitative estimate of drug-likeness (QED) is 0.502. The standard InChI is InChI=1S/C15H18N2O9/c1-7(18)23-6-10-12(24-8(2)19)13(25-9(3)20)14(26-10)17-5-4-11(21)16-15(17)22/h4-5,10,12-14H,6H2,1-3H3,(H,16,21,22)/t10-,12-,13+,14-/m1/s1. The Bertz CT molecular complexity index is 812. The summed E-state index contributed by atoms with van der Waals surface area (Å²) >= 11 is 0. The normalized spacial score (nSPS) is 24.7. The van der Waals surface area contributed by atoms with Crippen molar-refractivity contribution in [1.82, 2.24) is 9.55 Å². The first-order chi connectivity index (χ1) is 12.2. The van der Waals surface area contributed by atoms with Gasteiger partial charge in [-0.05, 0) is 0 Å². The molecule has 1 aliphatic rings. The van der Waals surface area contributed by atoms with Gasteiger partial charge in [0.05, 0.1) is 0 Å². The summed E-state index contributed by atoms with van der Waals surface area (Å²) < 4.78 is 21.9. The molecule has 0 radical (unpaired) electrons. The number of aromatic amines is 1. The van der Waals surface area contributed by atoms with Gasteiger partial charge in [-0.1, -0.05) is 0 Å². The van der Waals surface area contributed by atoms with Crippen LogP contribution in [0, 0.1) is 0 Å². The fourth-order valence-corrected chi connectivity index (χ4v) is 2.54. The first-order valence-corrected chi connectivity index (χ1v) is 7.63. The van der Waals surface area contributed by atoms with E-state index in [4.69, 9.17) is 18.9 Å². The van der Waals surface area contributed by atoms with Crippen LogP contribution in [0.4, 0.5) is 0 Å². The molecule has 0 aliphatic carbocycles. The number of rotatable bonds is 5. The summed E-state index contributed by atoms with van der Waals surface area (Å²) in [6, 6.07) is 1.08. The fourth-order valence-electron chi connectivity index (χ4n) is 2.54. The van der Waals surface area contributed by atoms with E-state index in [0.29, 0.717) is 0 Å². The molecular formula is C15H18N2O9. The summed E-state index contributed by atoms with van der Waals surface area (Å²) in [5.74, 6) is -1.98. The number of H-pyrrole nitrogens is 1. The molecule has 11 nitrogen and oxygen atoms in total. The molecule has 0 saturated carbocycles. The number of aromatic nitrogens is 2. The third-order valence-corrected chi connectivity index (χ3v) is 3.47. The number of hydrogen-bond acceptors (Lipinski definition) is 9. The van der Waals surface area contributed by atoms with Crippen LogP contribution in [0.15, 0.2) is 21.9 Å². The Morgan fingerprint density at radius 2 is 1.69 bits per heavy atom. The summed E-state index contributed by atoms with van der Waals surface area (Å²) in [6.07, 6.45) is -3.36. The van der Waals surface area contributed by atoms with Crippen LogP contribution >= 0.6 is 0 Å². The lowest BCUT2D eigenvalue weighted by molar-refractivity contribution is -0.166. The lowest BCUT2D eigenvalue weighted by atomic mass is 10.1. The highest BCUT2D eigenvalue weighted by Crippen LogP contribution is 2.33. The Labute approximate surface area is 146 Å². The molecule has 1 fully saturated rings. The molecule has 26 heavy (non-hydrogen) atoms. The van der Waals surface area contributed by atoms with Crippen molar-refractivity contribution < 1.29 is 33.3 Å². The number of hydrogen-bond donors (Lipinski definition) is 1. The van der Waals surface area contributed by atoms with E-state index < -0.39 is 53.7 Å². The van der Waals surface area contributed by atoms with Crippen LogP contribution in [-0.4, -0.2) is 52.4 Å². The van der Waals surface area contributed by atoms with Gasteiger partial charge in [0.25, 0.3) is 5.56 Å². The van der Waals surface area contributed by atoms with E-state index >= 15 is 0 Å². The Balaban J connectivity index is 2.41. The number of ether oxygens (including phenoxy) is 4. The van der Waals surface area contributed by atoms with Crippen molar-refractivity contribution in [3.8, 4) is 0 Å². The maximum absolute atomic E-state index is 12.1. The van der Waals surface area contributed by atoms with Crippen molar-refractivity contribution in [3.05, 3.63) is 33.1 Å². The van der Waals surface area contributed by atoms with Crippen LogP contribution in [0.2, 0.25) is 0 Å². The van der Waals surface area contributed by atoms with Gasteiger partial charge in [0.15, 0.2) is 18.4 Å². The zero-order chi connectivity index (χ0) is 19.4. The first-order valence-electron chi connectivity index (χ1n) is 7.63. The second-order valence-electron chi connectivity index (χ2n) is 5.53. The monoisotopic (exact) mass is 370 g/mol. The smallest absolute Gasteiger partial charge is 0.330 e. The molecule has 0 amide bonds. The topological polar surface area (TPSA) is 143 Å². The molecule has 1 N–H and O–H groups in total. The second-order valence-corrected chi connectivity index (χ2v) is 5.53. The molecule has 1 aliphatic heterocycles. The molecule has 1 aromatic heterocycles. The van der Waals surface area contributed by atoms with Crippen LogP contribution in [0.3, 0.4) is 0 Å². The predicted molar refractivity (Wildman–Crippen MR) is 83.0 cm³/mol. The van der Waals surface area contributed by atoms with Gasteiger partial charge in [0.2, 0.25) is 0 Å². The van der Waals surface area contributed by atoms with E-state index in [1.165, 1.54) is 6.92 Å². The zero-order valence-electron chi connectivity index (χ0n) is 14.3. The van der Waals surface area contributed by atoms with E-state index in [1.54, 1.807) is 0 Å². The van der Waals surface area contributed by atoms with Crippen LogP contribution in [0.1, 0.15) is 27.0 Å². The fraction of sp³-hybridized carbons (Fsp3) is 0.533. The third kappa shape index (κ3) is 4.57. The van der Waals surface area contributed by atoms with Gasteiger partial charge in [-0.15, -0.1) is 0 Å². The Morgan fingerprint density at radius 3 is 2.23 bits per heavy atom. The SMILES string of the molecule is CC(=O)OC[C@H]1O[C@@H](n2ccc(=O)[nH]c2=O)[C@@H](OC(C)=O)[C@@H]1OC(C)=O. The molecule has 0 spiro atoms. The minimum absolute atomic E-state index is 0.292. The van der Waals surface area contributed by atoms with Crippen LogP contribution < -0.4 is 11.2 Å². The molecule has 1 saturated heterocycles. The summed E-state index contributed by atoms with van der Waals surface area (Å²) in [4.78, 5) is 59.3. The van der Waals surface area contributed by atoms with E-state index in [2.05, 4.69) is 0 Å². The number of carbonyl (C=O) groups is 3. The molecule has 0 aromatic carbocycles. The molecule has 4 atom stereocenters. The van der Waals surface area contributed by atoms with Crippen LogP contribution in [0.5, 0.6) is 0 Å². The lowest BCUT2D eigenvalue weighted by Crippen LogP contribution is -2.42. The van der Waals surface area contributed by atoms with Gasteiger partial charge in [0, 0.05) is 33.0 Å². The molecule has 2 heterocycles. The van der Waals surface area contributed by atoms with Gasteiger partial charge in [-0.2, -0.15) is 0 Å². The van der Waals surface area contributed by atoms with Gasteiger partial charge < -0.3 is 18.9 Å². The van der Waals surface area contributed by atoms with E-state index in [9.17, 15) is 24.0 Å². The highest BCUT2D eigenvalue weighted by atomic mass is 16.7. The zero-order valence-corrected chi connectivity index (χ0v) is 14.3. The third-order valence-electron chi connectivity index (χ3n) is 3.47. The molecular weight excluding hydrogens is 352 g/mol. The Hall–Kier alpha value is -2.95. The number of nitrogens with zero attached hydrogens (tertiary/aromatic N) is 1. The van der Waals surface area contributed by atoms with Crippen molar-refractivity contribution >= 4 is 17.9 Å². The number of nitrogens with one attached hydrogen (secondary N) is 1. The first kappa shape index (κ1) is 19.4. The second kappa shape index (κ2) is 7.95. The molecule has 142 valence electrons.